The SMILES string of the molecule is CCNC(=NCC(=O)Nc1cccc(F)c1)NCCCOC.I. The Morgan fingerprint density at radius 2 is 2.13 bits per heavy atom. The summed E-state index contributed by atoms with van der Waals surface area (Å²) >= 11 is 0. The smallest absolute Gasteiger partial charge is 0.246 e. The lowest BCUT2D eigenvalue weighted by atomic mass is 10.3. The topological polar surface area (TPSA) is 74.8 Å². The standard InChI is InChI=1S/C15H23FN4O2.HI/c1-3-17-15(18-8-5-9-22-2)19-11-14(21)20-13-7-4-6-12(16)10-13;/h4,6-7,10H,3,5,8-9,11H2,1-2H3,(H,20,21)(H2,17,18,19);1H. The van der Waals surface area contributed by atoms with Gasteiger partial charge in [-0.1, -0.05) is 6.07 Å². The second kappa shape index (κ2) is 13.1. The van der Waals surface area contributed by atoms with Crippen LogP contribution in [0.4, 0.5) is 10.1 Å². The number of guanidine groups is 1. The van der Waals surface area contributed by atoms with Crippen LogP contribution in [0.25, 0.3) is 0 Å². The van der Waals surface area contributed by atoms with Crippen LogP contribution in [-0.2, 0) is 9.53 Å². The van der Waals surface area contributed by atoms with E-state index < -0.39 is 5.82 Å². The first-order valence-corrected chi connectivity index (χ1v) is 7.22. The summed E-state index contributed by atoms with van der Waals surface area (Å²) in [5, 5.41) is 8.74. The number of carbonyl (C=O) groups excluding carboxylic acids is 1. The molecule has 130 valence electrons. The Morgan fingerprint density at radius 3 is 2.78 bits per heavy atom. The van der Waals surface area contributed by atoms with Gasteiger partial charge in [-0.2, -0.15) is 0 Å². The molecule has 0 aliphatic carbocycles. The number of anilines is 1. The molecule has 1 aromatic rings. The minimum atomic E-state index is -0.394. The van der Waals surface area contributed by atoms with Gasteiger partial charge in [0.05, 0.1) is 0 Å². The first kappa shape index (κ1) is 21.6. The molecule has 8 heteroatoms. The maximum Gasteiger partial charge on any atom is 0.246 e. The van der Waals surface area contributed by atoms with Gasteiger partial charge in [-0.25, -0.2) is 9.38 Å². The van der Waals surface area contributed by atoms with E-state index in [4.69, 9.17) is 4.74 Å². The van der Waals surface area contributed by atoms with E-state index in [0.717, 1.165) is 6.42 Å². The molecule has 0 saturated heterocycles. The summed E-state index contributed by atoms with van der Waals surface area (Å²) in [6.07, 6.45) is 0.844. The molecule has 0 aliphatic heterocycles. The molecule has 0 spiro atoms. The van der Waals surface area contributed by atoms with Gasteiger partial charge in [0.25, 0.3) is 0 Å². The molecular formula is C15H24FIN4O2. The van der Waals surface area contributed by atoms with Crippen LogP contribution in [0.5, 0.6) is 0 Å². The molecule has 1 amide bonds. The second-order valence-corrected chi connectivity index (χ2v) is 4.53. The van der Waals surface area contributed by atoms with Gasteiger partial charge in [-0.3, -0.25) is 4.79 Å². The van der Waals surface area contributed by atoms with Gasteiger partial charge < -0.3 is 20.7 Å². The average molecular weight is 438 g/mol. The predicted molar refractivity (Wildman–Crippen MR) is 101 cm³/mol. The largest absolute Gasteiger partial charge is 0.385 e. The molecular weight excluding hydrogens is 414 g/mol. The van der Waals surface area contributed by atoms with Crippen molar-refractivity contribution in [2.24, 2.45) is 4.99 Å². The highest BCUT2D eigenvalue weighted by atomic mass is 127. The molecule has 0 heterocycles. The minimum Gasteiger partial charge on any atom is -0.385 e. The lowest BCUT2D eigenvalue weighted by Gasteiger charge is -2.11. The zero-order valence-electron chi connectivity index (χ0n) is 13.4. The molecule has 0 fully saturated rings. The maximum absolute atomic E-state index is 13.0. The summed E-state index contributed by atoms with van der Waals surface area (Å²) in [4.78, 5) is 16.0. The van der Waals surface area contributed by atoms with Gasteiger partial charge in [0.1, 0.15) is 12.4 Å². The molecule has 3 N–H and O–H groups in total. The van der Waals surface area contributed by atoms with Crippen LogP contribution in [0.3, 0.4) is 0 Å². The van der Waals surface area contributed by atoms with E-state index in [9.17, 15) is 9.18 Å². The van der Waals surface area contributed by atoms with Gasteiger partial charge in [0.2, 0.25) is 5.91 Å². The third-order valence-corrected chi connectivity index (χ3v) is 2.65. The molecule has 0 bridgehead atoms. The number of ether oxygens (including phenoxy) is 1. The van der Waals surface area contributed by atoms with Crippen molar-refractivity contribution in [3.8, 4) is 0 Å². The molecule has 0 saturated carbocycles. The number of hydrogen-bond donors (Lipinski definition) is 3. The van der Waals surface area contributed by atoms with Crippen LogP contribution >= 0.6 is 24.0 Å². The van der Waals surface area contributed by atoms with Crippen LogP contribution in [0, 0.1) is 5.82 Å². The number of carbonyl (C=O) groups is 1. The van der Waals surface area contributed by atoms with Gasteiger partial charge in [0.15, 0.2) is 5.96 Å². The summed E-state index contributed by atoms with van der Waals surface area (Å²) in [6.45, 7) is 3.95. The van der Waals surface area contributed by atoms with Crippen molar-refractivity contribution in [3.05, 3.63) is 30.1 Å². The quantitative estimate of drug-likeness (QED) is 0.251. The lowest BCUT2D eigenvalue weighted by Crippen LogP contribution is -2.38. The number of nitrogens with one attached hydrogen (secondary N) is 3. The van der Waals surface area contributed by atoms with Crippen molar-refractivity contribution in [3.63, 3.8) is 0 Å². The van der Waals surface area contributed by atoms with Gasteiger partial charge in [-0.15, -0.1) is 24.0 Å². The molecule has 1 aromatic carbocycles. The van der Waals surface area contributed by atoms with Gasteiger partial charge in [0, 0.05) is 32.5 Å². The molecule has 6 nitrogen and oxygen atoms in total. The fraction of sp³-hybridized carbons (Fsp3) is 0.467. The number of methoxy groups -OCH3 is 1. The number of halogens is 2. The highest BCUT2D eigenvalue weighted by molar-refractivity contribution is 14.0. The van der Waals surface area contributed by atoms with Crippen LogP contribution < -0.4 is 16.0 Å². The highest BCUT2D eigenvalue weighted by Gasteiger charge is 2.03. The molecule has 0 aliphatic rings. The second-order valence-electron chi connectivity index (χ2n) is 4.53. The number of rotatable bonds is 8. The summed E-state index contributed by atoms with van der Waals surface area (Å²) in [5.74, 6) is -0.137. The van der Waals surface area contributed by atoms with Crippen molar-refractivity contribution < 1.29 is 13.9 Å². The van der Waals surface area contributed by atoms with E-state index in [2.05, 4.69) is 20.9 Å². The van der Waals surface area contributed by atoms with Crippen LogP contribution in [0.2, 0.25) is 0 Å². The van der Waals surface area contributed by atoms with Gasteiger partial charge in [-0.05, 0) is 31.5 Å². The monoisotopic (exact) mass is 438 g/mol. The Balaban J connectivity index is 0.00000484. The maximum atomic E-state index is 13.0. The molecule has 0 atom stereocenters. The lowest BCUT2D eigenvalue weighted by molar-refractivity contribution is -0.114. The van der Waals surface area contributed by atoms with Crippen molar-refractivity contribution >= 4 is 41.5 Å². The molecule has 23 heavy (non-hydrogen) atoms. The van der Waals surface area contributed by atoms with Crippen LogP contribution in [0.15, 0.2) is 29.3 Å². The number of aliphatic imine (C=N–C) groups is 1. The Hall–Kier alpha value is -1.42. The Kier molecular flexibility index (Phi) is 12.3. The van der Waals surface area contributed by atoms with E-state index in [1.807, 2.05) is 6.92 Å². The Labute approximate surface area is 153 Å². The highest BCUT2D eigenvalue weighted by Crippen LogP contribution is 2.08. The predicted octanol–water partition coefficient (Wildman–Crippen LogP) is 1.97. The van der Waals surface area contributed by atoms with Crippen molar-refractivity contribution in [2.45, 2.75) is 13.3 Å². The minimum absolute atomic E-state index is 0. The summed E-state index contributed by atoms with van der Waals surface area (Å²) < 4.78 is 18.0. The van der Waals surface area contributed by atoms with Crippen molar-refractivity contribution in [2.75, 3.05) is 38.7 Å². The average Bonchev–Trinajstić information content (AvgIpc) is 2.49. The van der Waals surface area contributed by atoms with E-state index in [1.54, 1.807) is 13.2 Å². The normalized spacial score (nSPS) is 10.7. The fourth-order valence-corrected chi connectivity index (χ4v) is 1.68. The number of hydrogen-bond acceptors (Lipinski definition) is 3. The summed E-state index contributed by atoms with van der Waals surface area (Å²) in [7, 11) is 1.65. The van der Waals surface area contributed by atoms with Crippen molar-refractivity contribution in [1.29, 1.82) is 0 Å². The number of benzene rings is 1. The van der Waals surface area contributed by atoms with E-state index >= 15 is 0 Å². The van der Waals surface area contributed by atoms with E-state index in [-0.39, 0.29) is 36.4 Å². The zero-order chi connectivity index (χ0) is 16.2. The van der Waals surface area contributed by atoms with Gasteiger partial charge >= 0.3 is 0 Å². The first-order chi connectivity index (χ1) is 10.7. The van der Waals surface area contributed by atoms with Crippen molar-refractivity contribution in [1.82, 2.24) is 10.6 Å². The van der Waals surface area contributed by atoms with Crippen LogP contribution in [0.1, 0.15) is 13.3 Å². The van der Waals surface area contributed by atoms with E-state index in [0.29, 0.717) is 31.3 Å². The molecule has 1 rings (SSSR count). The Bertz CT molecular complexity index is 500. The Morgan fingerprint density at radius 1 is 1.35 bits per heavy atom. The third kappa shape index (κ3) is 10.1. The number of nitrogens with zero attached hydrogens (tertiary/aromatic N) is 1. The zero-order valence-corrected chi connectivity index (χ0v) is 15.7. The summed E-state index contributed by atoms with van der Waals surface area (Å²) in [5.41, 5.74) is 0.415. The molecule has 0 radical (unpaired) electrons. The third-order valence-electron chi connectivity index (χ3n) is 2.65. The fourth-order valence-electron chi connectivity index (χ4n) is 1.68. The van der Waals surface area contributed by atoms with E-state index in [1.165, 1.54) is 18.2 Å². The summed E-state index contributed by atoms with van der Waals surface area (Å²) in [6, 6.07) is 5.74. The number of amides is 1. The first-order valence-electron chi connectivity index (χ1n) is 7.22. The molecule has 0 unspecified atom stereocenters. The molecule has 0 aromatic heterocycles. The van der Waals surface area contributed by atoms with Crippen LogP contribution in [-0.4, -0.2) is 45.2 Å².